The third kappa shape index (κ3) is 4.11. The van der Waals surface area contributed by atoms with Crippen LogP contribution in [0.15, 0.2) is 18.3 Å². The molecular formula is C22H23ClN10. The summed E-state index contributed by atoms with van der Waals surface area (Å²) in [5.41, 5.74) is 2.58. The van der Waals surface area contributed by atoms with E-state index in [4.69, 9.17) is 11.6 Å². The third-order valence-electron chi connectivity index (χ3n) is 5.97. The maximum Gasteiger partial charge on any atom is 0.232 e. The quantitative estimate of drug-likeness (QED) is 0.589. The lowest BCUT2D eigenvalue weighted by Gasteiger charge is -2.40. The zero-order valence-electron chi connectivity index (χ0n) is 18.4. The Morgan fingerprint density at radius 3 is 2.67 bits per heavy atom. The van der Waals surface area contributed by atoms with E-state index in [-0.39, 0.29) is 12.0 Å². The van der Waals surface area contributed by atoms with Crippen LogP contribution in [0.1, 0.15) is 30.9 Å². The minimum absolute atomic E-state index is 0.245. The summed E-state index contributed by atoms with van der Waals surface area (Å²) in [5.74, 6) is 0.781. The second-order valence-corrected chi connectivity index (χ2v) is 8.97. The van der Waals surface area contributed by atoms with Crippen molar-refractivity contribution in [1.29, 1.82) is 10.5 Å². The second kappa shape index (κ2) is 8.39. The smallest absolute Gasteiger partial charge is 0.232 e. The monoisotopic (exact) mass is 462 g/mol. The summed E-state index contributed by atoms with van der Waals surface area (Å²) in [4.78, 5) is 13.6. The molecule has 0 spiro atoms. The van der Waals surface area contributed by atoms with E-state index < -0.39 is 0 Å². The van der Waals surface area contributed by atoms with Crippen molar-refractivity contribution in [2.24, 2.45) is 0 Å². The van der Waals surface area contributed by atoms with E-state index in [0.717, 1.165) is 38.2 Å². The van der Waals surface area contributed by atoms with Crippen LogP contribution in [0.5, 0.6) is 0 Å². The number of nitriles is 2. The molecule has 1 aliphatic carbocycles. The Morgan fingerprint density at radius 1 is 1.15 bits per heavy atom. The number of benzene rings is 1. The van der Waals surface area contributed by atoms with Gasteiger partial charge in [0.2, 0.25) is 11.9 Å². The summed E-state index contributed by atoms with van der Waals surface area (Å²) in [6.45, 7) is 4.78. The van der Waals surface area contributed by atoms with E-state index in [1.54, 1.807) is 6.07 Å². The van der Waals surface area contributed by atoms with E-state index in [1.165, 1.54) is 10.7 Å². The number of halogens is 1. The van der Waals surface area contributed by atoms with Gasteiger partial charge in [-0.05, 0) is 38.9 Å². The van der Waals surface area contributed by atoms with Crippen LogP contribution in [0.2, 0.25) is 5.02 Å². The SMILES string of the molecule is CC1CN(C)CCN1c1cc(C#N)cc(Nc2nc(NC3CC3)n3ncc(C#N)c3n2)c1Cl. The molecule has 2 aromatic heterocycles. The van der Waals surface area contributed by atoms with Crippen LogP contribution in [-0.4, -0.2) is 63.2 Å². The van der Waals surface area contributed by atoms with Gasteiger partial charge in [0, 0.05) is 31.7 Å². The number of piperazine rings is 1. The number of hydrogen-bond donors (Lipinski definition) is 2. The number of fused-ring (bicyclic) bond motifs is 1. The van der Waals surface area contributed by atoms with E-state index in [2.05, 4.69) is 61.6 Å². The predicted octanol–water partition coefficient (Wildman–Crippen LogP) is 2.98. The first-order valence-electron chi connectivity index (χ1n) is 10.8. The Balaban J connectivity index is 1.55. The number of likely N-dealkylation sites (N-methyl/N-ethyl adjacent to an activating group) is 1. The first kappa shape index (κ1) is 21.3. The maximum absolute atomic E-state index is 9.65. The molecule has 1 aromatic carbocycles. The summed E-state index contributed by atoms with van der Waals surface area (Å²) < 4.78 is 1.53. The van der Waals surface area contributed by atoms with E-state index in [0.29, 0.717) is 39.5 Å². The standard InChI is InChI=1S/C22H23ClN10/c1-13-12-31(2)5-6-32(13)18-8-14(9-24)7-17(19(18)23)28-21-29-20-15(10-25)11-26-33(20)22(30-21)27-16-3-4-16/h7-8,11,13,16H,3-6,12H2,1-2H3,(H2,27,28,29,30). The molecule has 2 aliphatic rings. The highest BCUT2D eigenvalue weighted by Crippen LogP contribution is 2.37. The van der Waals surface area contributed by atoms with Crippen molar-refractivity contribution in [1.82, 2.24) is 24.5 Å². The molecule has 10 nitrogen and oxygen atoms in total. The molecule has 1 saturated carbocycles. The Labute approximate surface area is 196 Å². The van der Waals surface area contributed by atoms with Crippen LogP contribution in [0.4, 0.5) is 23.3 Å². The summed E-state index contributed by atoms with van der Waals surface area (Å²) >= 11 is 6.84. The average Bonchev–Trinajstić information content (AvgIpc) is 3.51. The molecule has 0 bridgehead atoms. The largest absolute Gasteiger partial charge is 0.365 e. The molecule has 1 atom stereocenters. The fourth-order valence-electron chi connectivity index (χ4n) is 4.11. The topological polar surface area (TPSA) is 121 Å². The fourth-order valence-corrected chi connectivity index (χ4v) is 4.37. The van der Waals surface area contributed by atoms with E-state index in [9.17, 15) is 10.5 Å². The number of rotatable bonds is 5. The molecular weight excluding hydrogens is 440 g/mol. The summed E-state index contributed by atoms with van der Waals surface area (Å²) in [7, 11) is 2.10. The Morgan fingerprint density at radius 2 is 1.97 bits per heavy atom. The average molecular weight is 463 g/mol. The minimum Gasteiger partial charge on any atom is -0.365 e. The maximum atomic E-state index is 9.65. The fraction of sp³-hybridized carbons (Fsp3) is 0.409. The summed E-state index contributed by atoms with van der Waals surface area (Å²) in [6, 6.07) is 8.44. The first-order valence-corrected chi connectivity index (χ1v) is 11.2. The first-order chi connectivity index (χ1) is 16.0. The van der Waals surface area contributed by atoms with Crippen molar-refractivity contribution in [2.75, 3.05) is 42.2 Å². The van der Waals surface area contributed by atoms with Crippen LogP contribution in [0.25, 0.3) is 5.65 Å². The van der Waals surface area contributed by atoms with Crippen molar-refractivity contribution < 1.29 is 0 Å². The highest BCUT2D eigenvalue weighted by Gasteiger charge is 2.26. The molecule has 1 saturated heterocycles. The van der Waals surface area contributed by atoms with Crippen LogP contribution in [0, 0.1) is 22.7 Å². The Hall–Kier alpha value is -3.60. The van der Waals surface area contributed by atoms with E-state index in [1.807, 2.05) is 6.07 Å². The highest BCUT2D eigenvalue weighted by molar-refractivity contribution is 6.36. The molecule has 33 heavy (non-hydrogen) atoms. The molecule has 0 radical (unpaired) electrons. The van der Waals surface area contributed by atoms with E-state index >= 15 is 0 Å². The van der Waals surface area contributed by atoms with Crippen LogP contribution in [0.3, 0.4) is 0 Å². The molecule has 168 valence electrons. The van der Waals surface area contributed by atoms with Gasteiger partial charge in [0.25, 0.3) is 0 Å². The van der Waals surface area contributed by atoms with Gasteiger partial charge < -0.3 is 20.4 Å². The lowest BCUT2D eigenvalue weighted by molar-refractivity contribution is 0.275. The minimum atomic E-state index is 0.245. The summed E-state index contributed by atoms with van der Waals surface area (Å²) in [5, 5.41) is 30.4. The van der Waals surface area contributed by atoms with Crippen molar-refractivity contribution in [2.45, 2.75) is 31.8 Å². The van der Waals surface area contributed by atoms with Crippen molar-refractivity contribution >= 4 is 40.5 Å². The molecule has 11 heteroatoms. The molecule has 5 rings (SSSR count). The van der Waals surface area contributed by atoms with Gasteiger partial charge in [-0.1, -0.05) is 11.6 Å². The summed E-state index contributed by atoms with van der Waals surface area (Å²) in [6.07, 6.45) is 3.59. The van der Waals surface area contributed by atoms with Crippen LogP contribution >= 0.6 is 11.6 Å². The molecule has 2 N–H and O–H groups in total. The van der Waals surface area contributed by atoms with Crippen molar-refractivity contribution in [3.05, 3.63) is 34.5 Å². The number of aromatic nitrogens is 4. The van der Waals surface area contributed by atoms with Crippen molar-refractivity contribution in [3.63, 3.8) is 0 Å². The van der Waals surface area contributed by atoms with Gasteiger partial charge in [-0.25, -0.2) is 0 Å². The number of nitrogens with one attached hydrogen (secondary N) is 2. The third-order valence-corrected chi connectivity index (χ3v) is 6.37. The van der Waals surface area contributed by atoms with Gasteiger partial charge in [-0.15, -0.1) is 0 Å². The highest BCUT2D eigenvalue weighted by atomic mass is 35.5. The molecule has 2 fully saturated rings. The van der Waals surface area contributed by atoms with Gasteiger partial charge in [0.05, 0.1) is 34.2 Å². The molecule has 3 aromatic rings. The lowest BCUT2D eigenvalue weighted by atomic mass is 10.1. The van der Waals surface area contributed by atoms with Gasteiger partial charge in [0.15, 0.2) is 5.65 Å². The molecule has 0 amide bonds. The normalized spacial score (nSPS) is 18.7. The Bertz CT molecular complexity index is 1300. The van der Waals surface area contributed by atoms with Crippen molar-refractivity contribution in [3.8, 4) is 12.1 Å². The lowest BCUT2D eigenvalue weighted by Crippen LogP contribution is -2.50. The zero-order chi connectivity index (χ0) is 23.1. The number of anilines is 4. The molecule has 1 aliphatic heterocycles. The Kier molecular flexibility index (Phi) is 5.41. The van der Waals surface area contributed by atoms with Gasteiger partial charge in [-0.3, -0.25) is 0 Å². The van der Waals surface area contributed by atoms with Gasteiger partial charge >= 0.3 is 0 Å². The predicted molar refractivity (Wildman–Crippen MR) is 126 cm³/mol. The molecule has 3 heterocycles. The van der Waals surface area contributed by atoms with Crippen LogP contribution < -0.4 is 15.5 Å². The zero-order valence-corrected chi connectivity index (χ0v) is 19.1. The number of hydrogen-bond acceptors (Lipinski definition) is 9. The van der Waals surface area contributed by atoms with Crippen LogP contribution in [-0.2, 0) is 0 Å². The second-order valence-electron chi connectivity index (χ2n) is 8.59. The van der Waals surface area contributed by atoms with Gasteiger partial charge in [0.1, 0.15) is 11.6 Å². The van der Waals surface area contributed by atoms with Gasteiger partial charge in [-0.2, -0.15) is 30.1 Å². The number of nitrogens with zero attached hydrogens (tertiary/aromatic N) is 8. The molecule has 1 unspecified atom stereocenters.